The Bertz CT molecular complexity index is 159. The lowest BCUT2D eigenvalue weighted by Crippen LogP contribution is -2.13. The van der Waals surface area contributed by atoms with Crippen LogP contribution >= 0.6 is 7.52 Å². The molecule has 0 saturated heterocycles. The van der Waals surface area contributed by atoms with E-state index in [0.29, 0.717) is 12.8 Å². The molecule has 0 amide bonds. The minimum Gasteiger partial charge on any atom is -0.317 e. The van der Waals surface area contributed by atoms with Gasteiger partial charge in [-0.3, -0.25) is 4.57 Å². The van der Waals surface area contributed by atoms with Crippen molar-refractivity contribution in [3.05, 3.63) is 0 Å². The van der Waals surface area contributed by atoms with Gasteiger partial charge in [0.2, 0.25) is 0 Å². The van der Waals surface area contributed by atoms with Crippen LogP contribution in [0.2, 0.25) is 0 Å². The quantitative estimate of drug-likeness (QED) is 0.479. The van der Waals surface area contributed by atoms with Crippen molar-refractivity contribution in [2.24, 2.45) is 0 Å². The van der Waals surface area contributed by atoms with E-state index >= 15 is 0 Å². The van der Waals surface area contributed by atoms with Crippen molar-refractivity contribution in [3.63, 3.8) is 0 Å². The van der Waals surface area contributed by atoms with Crippen LogP contribution in [0.3, 0.4) is 0 Å². The third-order valence-corrected chi connectivity index (χ3v) is 4.40. The molecular weight excluding hydrogens is 173 g/mol. The number of unbranched alkanes of at least 4 members (excludes halogenated alkanes) is 1. The van der Waals surface area contributed by atoms with E-state index in [1.54, 1.807) is 18.8 Å². The van der Waals surface area contributed by atoms with Gasteiger partial charge in [-0.2, -0.15) is 0 Å². The molecule has 1 unspecified atom stereocenters. The summed E-state index contributed by atoms with van der Waals surface area (Å²) < 4.78 is 18.9. The Morgan fingerprint density at radius 1 is 1.33 bits per heavy atom. The Labute approximate surface area is 75.6 Å². The van der Waals surface area contributed by atoms with E-state index in [4.69, 9.17) is 4.52 Å². The summed E-state index contributed by atoms with van der Waals surface area (Å²) in [5.74, 6) is 0. The first-order chi connectivity index (χ1) is 5.56. The van der Waals surface area contributed by atoms with Crippen LogP contribution in [0.5, 0.6) is 0 Å². The van der Waals surface area contributed by atoms with E-state index in [-0.39, 0.29) is 0 Å². The molecule has 0 aliphatic carbocycles. The first-order valence-electron chi connectivity index (χ1n) is 4.48. The van der Waals surface area contributed by atoms with Crippen LogP contribution in [0.25, 0.3) is 0 Å². The minimum absolute atomic E-state index is 0.587. The van der Waals surface area contributed by atoms with Gasteiger partial charge < -0.3 is 4.52 Å². The molecule has 0 bridgehead atoms. The van der Waals surface area contributed by atoms with Gasteiger partial charge in [0.1, 0.15) is 0 Å². The van der Waals surface area contributed by atoms with Gasteiger partial charge in [0.15, 0.2) is 0 Å². The molecule has 0 fully saturated rings. The predicted molar refractivity (Wildman–Crippen MR) is 52.7 cm³/mol. The normalized spacial score (nSPS) is 16.4. The van der Waals surface area contributed by atoms with Crippen LogP contribution in [-0.4, -0.2) is 31.5 Å². The molecule has 12 heavy (non-hydrogen) atoms. The summed E-state index contributed by atoms with van der Waals surface area (Å²) in [5, 5.41) is 0. The van der Waals surface area contributed by atoms with E-state index in [2.05, 4.69) is 6.92 Å². The summed E-state index contributed by atoms with van der Waals surface area (Å²) in [6.07, 6.45) is 2.65. The molecule has 0 rings (SSSR count). The molecule has 4 heteroatoms. The molecule has 0 N–H and O–H groups in total. The molecule has 74 valence electrons. The molecule has 0 heterocycles. The molecule has 0 saturated carbocycles. The fourth-order valence-electron chi connectivity index (χ4n) is 0.841. The topological polar surface area (TPSA) is 29.5 Å². The Kier molecular flexibility index (Phi) is 5.81. The molecule has 0 radical (unpaired) electrons. The second kappa shape index (κ2) is 5.74. The third kappa shape index (κ3) is 3.70. The van der Waals surface area contributed by atoms with Gasteiger partial charge in [-0.25, -0.2) is 4.67 Å². The summed E-state index contributed by atoms with van der Waals surface area (Å²) in [6, 6.07) is 0. The highest BCUT2D eigenvalue weighted by molar-refractivity contribution is 7.56. The maximum atomic E-state index is 11.9. The highest BCUT2D eigenvalue weighted by Gasteiger charge is 2.22. The van der Waals surface area contributed by atoms with Crippen LogP contribution in [0.1, 0.15) is 26.7 Å². The van der Waals surface area contributed by atoms with E-state index in [1.165, 1.54) is 0 Å². The highest BCUT2D eigenvalue weighted by Crippen LogP contribution is 2.48. The molecule has 0 aromatic carbocycles. The maximum absolute atomic E-state index is 11.9. The van der Waals surface area contributed by atoms with Gasteiger partial charge in [0, 0.05) is 6.16 Å². The number of rotatable bonds is 6. The average molecular weight is 193 g/mol. The van der Waals surface area contributed by atoms with Crippen molar-refractivity contribution in [1.82, 2.24) is 4.67 Å². The molecule has 0 spiro atoms. The van der Waals surface area contributed by atoms with Gasteiger partial charge in [-0.1, -0.05) is 20.3 Å². The Balaban J connectivity index is 3.89. The van der Waals surface area contributed by atoms with Crippen LogP contribution in [-0.2, 0) is 9.09 Å². The minimum atomic E-state index is -2.47. The van der Waals surface area contributed by atoms with Gasteiger partial charge in [-0.05, 0) is 20.5 Å². The zero-order chi connectivity index (χ0) is 9.61. The first-order valence-corrected chi connectivity index (χ1v) is 6.24. The monoisotopic (exact) mass is 193 g/mol. The van der Waals surface area contributed by atoms with Crippen molar-refractivity contribution >= 4 is 7.52 Å². The number of hydrogen-bond acceptors (Lipinski definition) is 2. The second-order valence-electron chi connectivity index (χ2n) is 2.99. The Morgan fingerprint density at radius 2 is 1.92 bits per heavy atom. The van der Waals surface area contributed by atoms with Crippen molar-refractivity contribution in [3.8, 4) is 0 Å². The van der Waals surface area contributed by atoms with Crippen LogP contribution in [0, 0.1) is 0 Å². The number of hydrogen-bond donors (Lipinski definition) is 0. The molecule has 1 atom stereocenters. The first kappa shape index (κ1) is 12.2. The van der Waals surface area contributed by atoms with Gasteiger partial charge in [-0.15, -0.1) is 0 Å². The van der Waals surface area contributed by atoms with Crippen molar-refractivity contribution in [2.45, 2.75) is 26.7 Å². The Morgan fingerprint density at radius 3 is 2.25 bits per heavy atom. The van der Waals surface area contributed by atoms with Crippen LogP contribution in [0.15, 0.2) is 0 Å². The third-order valence-electron chi connectivity index (χ3n) is 1.80. The summed E-state index contributed by atoms with van der Waals surface area (Å²) in [7, 11) is 1.14. The smallest absolute Gasteiger partial charge is 0.271 e. The lowest BCUT2D eigenvalue weighted by Gasteiger charge is -2.22. The SMILES string of the molecule is CCCCOP(=O)(CC)N(C)C. The second-order valence-corrected chi connectivity index (χ2v) is 5.95. The van der Waals surface area contributed by atoms with Crippen molar-refractivity contribution in [1.29, 1.82) is 0 Å². The van der Waals surface area contributed by atoms with E-state index in [0.717, 1.165) is 12.8 Å². The summed E-state index contributed by atoms with van der Waals surface area (Å²) in [5.41, 5.74) is 0. The summed E-state index contributed by atoms with van der Waals surface area (Å²) in [4.78, 5) is 0. The van der Waals surface area contributed by atoms with E-state index in [9.17, 15) is 4.57 Å². The lowest BCUT2D eigenvalue weighted by molar-refractivity contribution is 0.277. The zero-order valence-corrected chi connectivity index (χ0v) is 9.43. The van der Waals surface area contributed by atoms with Crippen molar-refractivity contribution in [2.75, 3.05) is 26.9 Å². The molecule has 3 nitrogen and oxygen atoms in total. The van der Waals surface area contributed by atoms with Crippen molar-refractivity contribution < 1.29 is 9.09 Å². The summed E-state index contributed by atoms with van der Waals surface area (Å²) >= 11 is 0. The molecular formula is C8H20NO2P. The molecule has 0 aromatic heterocycles. The lowest BCUT2D eigenvalue weighted by atomic mass is 10.4. The highest BCUT2D eigenvalue weighted by atomic mass is 31.2. The summed E-state index contributed by atoms with van der Waals surface area (Å²) in [6.45, 7) is 4.60. The standard InChI is InChI=1S/C8H20NO2P/c1-5-7-8-11-12(10,6-2)9(3)4/h5-8H2,1-4H3. The average Bonchev–Trinajstić information content (AvgIpc) is 2.04. The van der Waals surface area contributed by atoms with Gasteiger partial charge in [0.05, 0.1) is 6.61 Å². The fraction of sp³-hybridized carbons (Fsp3) is 1.00. The number of nitrogens with zero attached hydrogens (tertiary/aromatic N) is 1. The molecule has 0 aliphatic rings. The van der Waals surface area contributed by atoms with Crippen LogP contribution in [0.4, 0.5) is 0 Å². The largest absolute Gasteiger partial charge is 0.317 e. The molecule has 0 aliphatic heterocycles. The predicted octanol–water partition coefficient (Wildman–Crippen LogP) is 2.58. The van der Waals surface area contributed by atoms with Crippen LogP contribution < -0.4 is 0 Å². The fourth-order valence-corrected chi connectivity index (χ4v) is 2.23. The van der Waals surface area contributed by atoms with E-state index in [1.807, 2.05) is 6.92 Å². The van der Waals surface area contributed by atoms with E-state index < -0.39 is 7.52 Å². The zero-order valence-electron chi connectivity index (χ0n) is 8.54. The maximum Gasteiger partial charge on any atom is 0.271 e. The Hall–Kier alpha value is 0.150. The molecule has 0 aromatic rings. The van der Waals surface area contributed by atoms with Gasteiger partial charge in [0.25, 0.3) is 7.52 Å². The van der Waals surface area contributed by atoms with Gasteiger partial charge >= 0.3 is 0 Å².